The van der Waals surface area contributed by atoms with E-state index in [0.717, 1.165) is 6.04 Å². The lowest BCUT2D eigenvalue weighted by atomic mass is 9.97. The average molecular weight is 274 g/mol. The topological polar surface area (TPSA) is 15.3 Å². The summed E-state index contributed by atoms with van der Waals surface area (Å²) < 4.78 is 0. The summed E-state index contributed by atoms with van der Waals surface area (Å²) in [5, 5.41) is 3.54. The summed E-state index contributed by atoms with van der Waals surface area (Å²) in [6.07, 6.45) is 6.79. The predicted octanol–water partition coefficient (Wildman–Crippen LogP) is 3.99. The Hall–Kier alpha value is -0.860. The van der Waals surface area contributed by atoms with Gasteiger partial charge in [0.25, 0.3) is 0 Å². The van der Waals surface area contributed by atoms with Gasteiger partial charge in [0.2, 0.25) is 0 Å². The van der Waals surface area contributed by atoms with Gasteiger partial charge in [-0.25, -0.2) is 0 Å². The Morgan fingerprint density at radius 3 is 2.60 bits per heavy atom. The molecular formula is C18H30N2. The van der Waals surface area contributed by atoms with E-state index in [4.69, 9.17) is 0 Å². The number of likely N-dealkylation sites (N-methyl/N-ethyl adjacent to an activating group) is 1. The van der Waals surface area contributed by atoms with E-state index in [1.807, 2.05) is 0 Å². The van der Waals surface area contributed by atoms with Gasteiger partial charge in [0.05, 0.1) is 0 Å². The highest BCUT2D eigenvalue weighted by Gasteiger charge is 2.29. The van der Waals surface area contributed by atoms with Crippen LogP contribution in [0.2, 0.25) is 0 Å². The first kappa shape index (κ1) is 15.5. The van der Waals surface area contributed by atoms with Crippen molar-refractivity contribution in [2.45, 2.75) is 64.1 Å². The fourth-order valence-electron chi connectivity index (χ4n) is 3.71. The van der Waals surface area contributed by atoms with Crippen molar-refractivity contribution < 1.29 is 0 Å². The highest BCUT2D eigenvalue weighted by Crippen LogP contribution is 2.27. The molecule has 1 heterocycles. The summed E-state index contributed by atoms with van der Waals surface area (Å²) in [6, 6.07) is 12.6. The number of nitrogens with one attached hydrogen (secondary N) is 1. The third-order valence-electron chi connectivity index (χ3n) is 4.87. The van der Waals surface area contributed by atoms with Gasteiger partial charge >= 0.3 is 0 Å². The minimum absolute atomic E-state index is 0.420. The zero-order chi connectivity index (χ0) is 14.4. The predicted molar refractivity (Wildman–Crippen MR) is 87.0 cm³/mol. The molecule has 20 heavy (non-hydrogen) atoms. The first-order valence-corrected chi connectivity index (χ1v) is 8.25. The first-order chi connectivity index (χ1) is 9.77. The van der Waals surface area contributed by atoms with E-state index in [1.54, 1.807) is 0 Å². The van der Waals surface area contributed by atoms with Gasteiger partial charge in [-0.05, 0) is 45.3 Å². The Morgan fingerprint density at radius 1 is 1.20 bits per heavy atom. The molecule has 1 N–H and O–H groups in total. The molecule has 1 aliphatic heterocycles. The largest absolute Gasteiger partial charge is 0.312 e. The molecule has 1 aromatic rings. The molecule has 0 aliphatic carbocycles. The van der Waals surface area contributed by atoms with Gasteiger partial charge in [-0.1, -0.05) is 50.1 Å². The summed E-state index contributed by atoms with van der Waals surface area (Å²) in [4.78, 5) is 2.75. The highest BCUT2D eigenvalue weighted by molar-refractivity contribution is 5.20. The normalized spacial score (nSPS) is 24.1. The maximum absolute atomic E-state index is 3.54. The van der Waals surface area contributed by atoms with Crippen LogP contribution >= 0.6 is 0 Å². The lowest BCUT2D eigenvalue weighted by Gasteiger charge is -2.39. The molecule has 2 nitrogen and oxygen atoms in total. The molecule has 1 aromatic carbocycles. The number of rotatable bonds is 5. The van der Waals surface area contributed by atoms with E-state index < -0.39 is 0 Å². The Kier molecular flexibility index (Phi) is 6.06. The van der Waals surface area contributed by atoms with Crippen LogP contribution in [-0.2, 0) is 0 Å². The molecule has 3 unspecified atom stereocenters. The number of likely N-dealkylation sites (tertiary alicyclic amines) is 1. The van der Waals surface area contributed by atoms with Crippen molar-refractivity contribution in [2.75, 3.05) is 13.6 Å². The van der Waals surface area contributed by atoms with Gasteiger partial charge in [0.15, 0.2) is 0 Å². The van der Waals surface area contributed by atoms with Gasteiger partial charge in [-0.15, -0.1) is 0 Å². The smallest absolute Gasteiger partial charge is 0.0473 e. The molecular weight excluding hydrogens is 244 g/mol. The van der Waals surface area contributed by atoms with Crippen molar-refractivity contribution in [2.24, 2.45) is 0 Å². The minimum Gasteiger partial charge on any atom is -0.312 e. The molecule has 1 aliphatic rings. The van der Waals surface area contributed by atoms with Crippen LogP contribution in [0.25, 0.3) is 0 Å². The lowest BCUT2D eigenvalue weighted by Crippen LogP contribution is -2.47. The zero-order valence-electron chi connectivity index (χ0n) is 13.3. The fourth-order valence-corrected chi connectivity index (χ4v) is 3.71. The van der Waals surface area contributed by atoms with E-state index in [2.05, 4.69) is 61.4 Å². The SMILES string of the molecule is CCC1CCCCCN1C(C)C(NC)c1ccccc1. The van der Waals surface area contributed by atoms with E-state index in [-0.39, 0.29) is 0 Å². The zero-order valence-corrected chi connectivity index (χ0v) is 13.3. The first-order valence-electron chi connectivity index (χ1n) is 8.25. The molecule has 3 atom stereocenters. The van der Waals surface area contributed by atoms with E-state index in [9.17, 15) is 0 Å². The second-order valence-electron chi connectivity index (χ2n) is 6.07. The van der Waals surface area contributed by atoms with Crippen molar-refractivity contribution in [3.05, 3.63) is 35.9 Å². The van der Waals surface area contributed by atoms with Crippen molar-refractivity contribution in [1.29, 1.82) is 0 Å². The van der Waals surface area contributed by atoms with Crippen molar-refractivity contribution in [3.8, 4) is 0 Å². The molecule has 2 rings (SSSR count). The molecule has 0 spiro atoms. The van der Waals surface area contributed by atoms with E-state index in [0.29, 0.717) is 12.1 Å². The maximum Gasteiger partial charge on any atom is 0.0473 e. The summed E-state index contributed by atoms with van der Waals surface area (Å²) in [6.45, 7) is 5.99. The van der Waals surface area contributed by atoms with Gasteiger partial charge in [0.1, 0.15) is 0 Å². The van der Waals surface area contributed by atoms with E-state index >= 15 is 0 Å². The van der Waals surface area contributed by atoms with Crippen LogP contribution in [0.4, 0.5) is 0 Å². The number of nitrogens with zero attached hydrogens (tertiary/aromatic N) is 1. The third kappa shape index (κ3) is 3.62. The highest BCUT2D eigenvalue weighted by atomic mass is 15.2. The molecule has 0 saturated carbocycles. The Morgan fingerprint density at radius 2 is 1.95 bits per heavy atom. The van der Waals surface area contributed by atoms with Crippen LogP contribution in [0.3, 0.4) is 0 Å². The van der Waals surface area contributed by atoms with E-state index in [1.165, 1.54) is 44.2 Å². The second kappa shape index (κ2) is 7.80. The van der Waals surface area contributed by atoms with Crippen LogP contribution in [0.1, 0.15) is 57.6 Å². The molecule has 0 bridgehead atoms. The van der Waals surface area contributed by atoms with Crippen molar-refractivity contribution >= 4 is 0 Å². The minimum atomic E-state index is 0.420. The van der Waals surface area contributed by atoms with Gasteiger partial charge in [-0.3, -0.25) is 4.90 Å². The van der Waals surface area contributed by atoms with Crippen molar-refractivity contribution in [3.63, 3.8) is 0 Å². The Bertz CT molecular complexity index is 376. The fraction of sp³-hybridized carbons (Fsp3) is 0.667. The Balaban J connectivity index is 2.15. The number of hydrogen-bond acceptors (Lipinski definition) is 2. The molecule has 2 heteroatoms. The Labute approximate surface area is 124 Å². The molecule has 0 aromatic heterocycles. The average Bonchev–Trinajstić information content (AvgIpc) is 2.74. The van der Waals surface area contributed by atoms with Crippen LogP contribution in [0, 0.1) is 0 Å². The summed E-state index contributed by atoms with van der Waals surface area (Å²) >= 11 is 0. The van der Waals surface area contributed by atoms with Gasteiger partial charge < -0.3 is 5.32 Å². The number of hydrogen-bond donors (Lipinski definition) is 1. The van der Waals surface area contributed by atoms with Gasteiger partial charge in [0, 0.05) is 18.1 Å². The molecule has 1 saturated heterocycles. The van der Waals surface area contributed by atoms with Crippen LogP contribution in [-0.4, -0.2) is 30.6 Å². The van der Waals surface area contributed by atoms with Crippen molar-refractivity contribution in [1.82, 2.24) is 10.2 Å². The molecule has 1 fully saturated rings. The third-order valence-corrected chi connectivity index (χ3v) is 4.87. The molecule has 0 radical (unpaired) electrons. The maximum atomic E-state index is 3.54. The van der Waals surface area contributed by atoms with Gasteiger partial charge in [-0.2, -0.15) is 0 Å². The monoisotopic (exact) mass is 274 g/mol. The lowest BCUT2D eigenvalue weighted by molar-refractivity contribution is 0.116. The summed E-state index contributed by atoms with van der Waals surface area (Å²) in [5.74, 6) is 0. The van der Waals surface area contributed by atoms with Crippen LogP contribution < -0.4 is 5.32 Å². The standard InChI is InChI=1S/C18H30N2/c1-4-17-13-9-6-10-14-20(17)15(2)18(19-3)16-11-7-5-8-12-16/h5,7-8,11-12,15,17-19H,4,6,9-10,13-14H2,1-3H3. The van der Waals surface area contributed by atoms with Crippen LogP contribution in [0.5, 0.6) is 0 Å². The molecule has 0 amide bonds. The molecule has 112 valence electrons. The second-order valence-corrected chi connectivity index (χ2v) is 6.07. The van der Waals surface area contributed by atoms with Crippen LogP contribution in [0.15, 0.2) is 30.3 Å². The summed E-state index contributed by atoms with van der Waals surface area (Å²) in [7, 11) is 2.09. The number of benzene rings is 1. The quantitative estimate of drug-likeness (QED) is 0.873. The summed E-state index contributed by atoms with van der Waals surface area (Å²) in [5.41, 5.74) is 1.40.